The SMILES string of the molecule is [Ca+2].[Mg+2].[Mg+2].[O-2].[O-2].[O-2]. The van der Waals surface area contributed by atoms with Crippen LogP contribution >= 0.6 is 0 Å². The van der Waals surface area contributed by atoms with Gasteiger partial charge in [0, 0.05) is 0 Å². The molecular weight excluding hydrogens is 137 g/mol. The molecule has 0 aliphatic carbocycles. The van der Waals surface area contributed by atoms with E-state index in [1.54, 1.807) is 0 Å². The van der Waals surface area contributed by atoms with Gasteiger partial charge in [-0.1, -0.05) is 0 Å². The summed E-state index contributed by atoms with van der Waals surface area (Å²) in [6.07, 6.45) is 0. The van der Waals surface area contributed by atoms with Crippen LogP contribution in [0.2, 0.25) is 0 Å². The fraction of sp³-hybridized carbons (Fsp3) is 0. The van der Waals surface area contributed by atoms with Gasteiger partial charge in [-0.25, -0.2) is 0 Å². The Hall–Kier alpha value is 2.67. The van der Waals surface area contributed by atoms with Crippen molar-refractivity contribution in [3.63, 3.8) is 0 Å². The first-order chi connectivity index (χ1) is 0. The fourth-order valence-corrected chi connectivity index (χ4v) is 0. The minimum Gasteiger partial charge on any atom is -2.00 e. The summed E-state index contributed by atoms with van der Waals surface area (Å²) in [5.41, 5.74) is 0. The van der Waals surface area contributed by atoms with E-state index in [2.05, 4.69) is 0 Å². The van der Waals surface area contributed by atoms with E-state index in [1.807, 2.05) is 0 Å². The fourth-order valence-electron chi connectivity index (χ4n) is 0. The Labute approximate surface area is 98.5 Å². The van der Waals surface area contributed by atoms with E-state index in [1.165, 1.54) is 0 Å². The van der Waals surface area contributed by atoms with Crippen molar-refractivity contribution in [3.05, 3.63) is 0 Å². The van der Waals surface area contributed by atoms with Crippen LogP contribution in [0, 0.1) is 0 Å². The normalized spacial score (nSPS) is 0. The predicted molar refractivity (Wildman–Crippen MR) is 19.3 cm³/mol. The molecule has 0 aromatic heterocycles. The van der Waals surface area contributed by atoms with Crippen LogP contribution in [0.25, 0.3) is 0 Å². The third-order valence-corrected chi connectivity index (χ3v) is 0. The molecule has 0 rings (SSSR count). The molecule has 3 nitrogen and oxygen atoms in total. The average Bonchev–Trinajstić information content (AvgIpc) is 0. The van der Waals surface area contributed by atoms with E-state index < -0.39 is 0 Å². The van der Waals surface area contributed by atoms with Crippen LogP contribution in [0.1, 0.15) is 0 Å². The van der Waals surface area contributed by atoms with Gasteiger partial charge in [-0.05, 0) is 0 Å². The molecule has 0 unspecified atom stereocenters. The van der Waals surface area contributed by atoms with Crippen LogP contribution in [0.3, 0.4) is 0 Å². The summed E-state index contributed by atoms with van der Waals surface area (Å²) in [4.78, 5) is 0. The second kappa shape index (κ2) is 47.8. The molecule has 0 N–H and O–H groups in total. The van der Waals surface area contributed by atoms with Gasteiger partial charge < -0.3 is 16.4 Å². The molecule has 24 valence electrons. The maximum absolute atomic E-state index is 0. The molecule has 6 heteroatoms. The topological polar surface area (TPSA) is 85.5 Å². The monoisotopic (exact) mass is 136 g/mol. The molecule has 0 radical (unpaired) electrons. The van der Waals surface area contributed by atoms with Crippen LogP contribution in [-0.2, 0) is 16.4 Å². The Kier molecular flexibility index (Phi) is 570. The van der Waals surface area contributed by atoms with E-state index in [9.17, 15) is 0 Å². The van der Waals surface area contributed by atoms with Gasteiger partial charge >= 0.3 is 83.8 Å². The van der Waals surface area contributed by atoms with E-state index in [0.717, 1.165) is 0 Å². The zero-order valence-electron chi connectivity index (χ0n) is 3.35. The van der Waals surface area contributed by atoms with Gasteiger partial charge in [0.1, 0.15) is 0 Å². The standard InChI is InChI=1S/Ca.2Mg.3O/q3*+2;3*-2. The van der Waals surface area contributed by atoms with Crippen LogP contribution in [0.5, 0.6) is 0 Å². The van der Waals surface area contributed by atoms with Gasteiger partial charge in [-0.15, -0.1) is 0 Å². The van der Waals surface area contributed by atoms with Gasteiger partial charge in [0.05, 0.1) is 0 Å². The van der Waals surface area contributed by atoms with Crippen LogP contribution in [-0.4, -0.2) is 83.8 Å². The van der Waals surface area contributed by atoms with E-state index >= 15 is 0 Å². The van der Waals surface area contributed by atoms with E-state index in [-0.39, 0.29) is 100 Å². The summed E-state index contributed by atoms with van der Waals surface area (Å²) in [6, 6.07) is 0. The summed E-state index contributed by atoms with van der Waals surface area (Å²) in [6.45, 7) is 0. The molecule has 0 aromatic carbocycles. The van der Waals surface area contributed by atoms with Gasteiger partial charge in [0.25, 0.3) is 0 Å². The van der Waals surface area contributed by atoms with Crippen LogP contribution < -0.4 is 0 Å². The Morgan fingerprint density at radius 3 is 0.500 bits per heavy atom. The molecule has 0 aromatic rings. The first-order valence-electron chi connectivity index (χ1n) is 0. The summed E-state index contributed by atoms with van der Waals surface area (Å²) in [7, 11) is 0. The molecule has 0 heterocycles. The minimum atomic E-state index is 0. The predicted octanol–water partition coefficient (Wildman–Crippen LogP) is -1.50. The molecule has 0 aliphatic heterocycles. The van der Waals surface area contributed by atoms with Crippen LogP contribution in [0.15, 0.2) is 0 Å². The molecule has 0 saturated carbocycles. The Balaban J connectivity index is 0. The van der Waals surface area contributed by atoms with Gasteiger partial charge in [0.15, 0.2) is 0 Å². The summed E-state index contributed by atoms with van der Waals surface area (Å²) in [5, 5.41) is 0. The van der Waals surface area contributed by atoms with Gasteiger partial charge in [0.2, 0.25) is 0 Å². The van der Waals surface area contributed by atoms with E-state index in [0.29, 0.717) is 0 Å². The minimum absolute atomic E-state index is 0. The molecular formula is CaMg2O3. The molecule has 0 bridgehead atoms. The molecule has 0 fully saturated rings. The molecule has 0 aliphatic rings. The zero-order valence-corrected chi connectivity index (χ0v) is 8.38. The smallest absolute Gasteiger partial charge is 2.00 e. The summed E-state index contributed by atoms with van der Waals surface area (Å²) in [5.74, 6) is 0. The number of hydrogen-bond acceptors (Lipinski definition) is 0. The van der Waals surface area contributed by atoms with Gasteiger partial charge in [-0.3, -0.25) is 0 Å². The summed E-state index contributed by atoms with van der Waals surface area (Å²) < 4.78 is 0. The molecule has 0 atom stereocenters. The largest absolute Gasteiger partial charge is 2.00 e. The van der Waals surface area contributed by atoms with Gasteiger partial charge in [-0.2, -0.15) is 0 Å². The van der Waals surface area contributed by atoms with Crippen molar-refractivity contribution in [1.29, 1.82) is 0 Å². The molecule has 0 saturated heterocycles. The second-order valence-electron chi connectivity index (χ2n) is 0. The van der Waals surface area contributed by atoms with Crippen molar-refractivity contribution in [2.45, 2.75) is 0 Å². The van der Waals surface area contributed by atoms with Crippen molar-refractivity contribution in [2.75, 3.05) is 0 Å². The Bertz CT molecular complexity index is 8.75. The Morgan fingerprint density at radius 2 is 0.500 bits per heavy atom. The maximum atomic E-state index is 0. The molecule has 0 amide bonds. The average molecular weight is 137 g/mol. The Morgan fingerprint density at radius 1 is 0.500 bits per heavy atom. The zero-order chi connectivity index (χ0) is 0. The molecule has 6 heavy (non-hydrogen) atoms. The van der Waals surface area contributed by atoms with E-state index in [4.69, 9.17) is 0 Å². The third-order valence-electron chi connectivity index (χ3n) is 0. The first-order valence-corrected chi connectivity index (χ1v) is 0. The van der Waals surface area contributed by atoms with Crippen molar-refractivity contribution in [1.82, 2.24) is 0 Å². The second-order valence-corrected chi connectivity index (χ2v) is 0. The van der Waals surface area contributed by atoms with Crippen molar-refractivity contribution in [3.8, 4) is 0 Å². The third kappa shape index (κ3) is 30.1. The quantitative estimate of drug-likeness (QED) is 0.363. The van der Waals surface area contributed by atoms with Crippen molar-refractivity contribution < 1.29 is 16.4 Å². The summed E-state index contributed by atoms with van der Waals surface area (Å²) >= 11 is 0. The van der Waals surface area contributed by atoms with Crippen molar-refractivity contribution in [2.24, 2.45) is 0 Å². The maximum Gasteiger partial charge on any atom is 2.00 e. The number of hydrogen-bond donors (Lipinski definition) is 0. The molecule has 0 spiro atoms. The van der Waals surface area contributed by atoms with Crippen LogP contribution in [0.4, 0.5) is 0 Å². The number of rotatable bonds is 0. The first kappa shape index (κ1) is 71.5. The van der Waals surface area contributed by atoms with Crippen molar-refractivity contribution >= 4 is 83.8 Å².